The lowest BCUT2D eigenvalue weighted by molar-refractivity contribution is -0.144. The Morgan fingerprint density at radius 3 is 2.32 bits per heavy atom. The highest BCUT2D eigenvalue weighted by atomic mass is 127. The molecule has 0 saturated carbocycles. The summed E-state index contributed by atoms with van der Waals surface area (Å²) in [6, 6.07) is 10.3. The molecule has 0 aliphatic carbocycles. The maximum absolute atomic E-state index is 11.3. The number of halogens is 1. The number of carbonyl (C=O) groups is 1. The summed E-state index contributed by atoms with van der Waals surface area (Å²) < 4.78 is 4.69. The highest BCUT2D eigenvalue weighted by molar-refractivity contribution is 14.0. The molecule has 0 heterocycles. The van der Waals surface area contributed by atoms with E-state index in [0.29, 0.717) is 18.4 Å². The third-order valence-corrected chi connectivity index (χ3v) is 3.35. The first-order chi connectivity index (χ1) is 10.1. The average Bonchev–Trinajstić information content (AvgIpc) is 2.54. The van der Waals surface area contributed by atoms with Crippen LogP contribution in [0.2, 0.25) is 0 Å². The monoisotopic (exact) mass is 419 g/mol. The number of hydrogen-bond donors (Lipinski definition) is 2. The zero-order valence-electron chi connectivity index (χ0n) is 13.6. The van der Waals surface area contributed by atoms with Gasteiger partial charge in [-0.2, -0.15) is 0 Å². The summed E-state index contributed by atoms with van der Waals surface area (Å²) in [6.45, 7) is 5.24. The first-order valence-corrected chi connectivity index (χ1v) is 7.15. The minimum atomic E-state index is -0.226. The van der Waals surface area contributed by atoms with Gasteiger partial charge in [-0.05, 0) is 11.5 Å². The molecule has 2 unspecified atom stereocenters. The van der Waals surface area contributed by atoms with Crippen LogP contribution in [0, 0.1) is 5.92 Å². The molecule has 0 fully saturated rings. The summed E-state index contributed by atoms with van der Waals surface area (Å²) in [5, 5.41) is 6.40. The third-order valence-electron chi connectivity index (χ3n) is 3.35. The van der Waals surface area contributed by atoms with Gasteiger partial charge in [0.2, 0.25) is 0 Å². The van der Waals surface area contributed by atoms with Crippen molar-refractivity contribution < 1.29 is 9.53 Å². The van der Waals surface area contributed by atoms with Crippen molar-refractivity contribution in [2.75, 3.05) is 27.2 Å². The minimum Gasteiger partial charge on any atom is -0.469 e. The van der Waals surface area contributed by atoms with Gasteiger partial charge in [0.05, 0.1) is 13.0 Å². The second kappa shape index (κ2) is 11.3. The lowest BCUT2D eigenvalue weighted by Crippen LogP contribution is -2.42. The van der Waals surface area contributed by atoms with Crippen LogP contribution in [0.15, 0.2) is 35.3 Å². The predicted octanol–water partition coefficient (Wildman–Crippen LogP) is 2.38. The topological polar surface area (TPSA) is 62.7 Å². The van der Waals surface area contributed by atoms with E-state index in [1.807, 2.05) is 25.1 Å². The summed E-state index contributed by atoms with van der Waals surface area (Å²) in [6.07, 6.45) is 0. The van der Waals surface area contributed by atoms with Crippen molar-refractivity contribution in [1.82, 2.24) is 10.6 Å². The highest BCUT2D eigenvalue weighted by Gasteiger charge is 2.13. The Hall–Kier alpha value is -1.31. The number of rotatable bonds is 6. The molecule has 0 spiro atoms. The van der Waals surface area contributed by atoms with Crippen molar-refractivity contribution >= 4 is 35.9 Å². The van der Waals surface area contributed by atoms with Gasteiger partial charge in [0.15, 0.2) is 5.96 Å². The van der Waals surface area contributed by atoms with Crippen molar-refractivity contribution in [3.8, 4) is 0 Å². The van der Waals surface area contributed by atoms with E-state index in [4.69, 9.17) is 4.74 Å². The average molecular weight is 419 g/mol. The number of nitrogens with zero attached hydrogens (tertiary/aromatic N) is 1. The number of aliphatic imine (C=N–C) groups is 1. The number of methoxy groups -OCH3 is 1. The van der Waals surface area contributed by atoms with Crippen molar-refractivity contribution in [3.63, 3.8) is 0 Å². The molecule has 1 rings (SSSR count). The molecule has 0 bridgehead atoms. The standard InChI is InChI=1S/C16H25N3O2.HI/c1-12(14-8-6-5-7-9-14)10-18-16(17-3)19-11-13(2)15(20)21-4;/h5-9,12-13H,10-11H2,1-4H3,(H2,17,18,19);1H. The Morgan fingerprint density at radius 1 is 1.18 bits per heavy atom. The summed E-state index contributed by atoms with van der Waals surface area (Å²) in [4.78, 5) is 15.5. The van der Waals surface area contributed by atoms with E-state index in [-0.39, 0.29) is 35.9 Å². The Bertz CT molecular complexity index is 466. The van der Waals surface area contributed by atoms with E-state index in [2.05, 4.69) is 34.7 Å². The number of nitrogens with one attached hydrogen (secondary N) is 2. The van der Waals surface area contributed by atoms with E-state index in [1.54, 1.807) is 7.05 Å². The van der Waals surface area contributed by atoms with Crippen LogP contribution in [-0.4, -0.2) is 39.2 Å². The first kappa shape index (κ1) is 20.7. The largest absolute Gasteiger partial charge is 0.469 e. The van der Waals surface area contributed by atoms with Crippen molar-refractivity contribution in [2.45, 2.75) is 19.8 Å². The number of esters is 1. The molecule has 0 aromatic heterocycles. The lowest BCUT2D eigenvalue weighted by atomic mass is 10.0. The Kier molecular flexibility index (Phi) is 10.6. The molecular formula is C16H26IN3O2. The molecule has 0 amide bonds. The molecule has 22 heavy (non-hydrogen) atoms. The summed E-state index contributed by atoms with van der Waals surface area (Å²) in [5.41, 5.74) is 1.28. The zero-order chi connectivity index (χ0) is 15.7. The SMILES string of the molecule is CN=C(NCC(C)C(=O)OC)NCC(C)c1ccccc1.I. The fourth-order valence-electron chi connectivity index (χ4n) is 1.90. The maximum atomic E-state index is 11.3. The van der Waals surface area contributed by atoms with Crippen molar-refractivity contribution in [1.29, 1.82) is 0 Å². The van der Waals surface area contributed by atoms with Crippen LogP contribution < -0.4 is 10.6 Å². The molecule has 2 atom stereocenters. The Morgan fingerprint density at radius 2 is 1.77 bits per heavy atom. The van der Waals surface area contributed by atoms with Gasteiger partial charge in [0, 0.05) is 20.1 Å². The van der Waals surface area contributed by atoms with Crippen LogP contribution in [-0.2, 0) is 9.53 Å². The summed E-state index contributed by atoms with van der Waals surface area (Å²) in [5.74, 6) is 0.631. The van der Waals surface area contributed by atoms with Crippen LogP contribution in [0.4, 0.5) is 0 Å². The van der Waals surface area contributed by atoms with Gasteiger partial charge in [-0.15, -0.1) is 24.0 Å². The molecular weight excluding hydrogens is 393 g/mol. The number of benzene rings is 1. The molecule has 0 saturated heterocycles. The molecule has 2 N–H and O–H groups in total. The lowest BCUT2D eigenvalue weighted by Gasteiger charge is -2.17. The van der Waals surface area contributed by atoms with Gasteiger partial charge < -0.3 is 15.4 Å². The van der Waals surface area contributed by atoms with E-state index in [0.717, 1.165) is 6.54 Å². The molecule has 0 aliphatic heterocycles. The quantitative estimate of drug-likeness (QED) is 0.322. The smallest absolute Gasteiger partial charge is 0.310 e. The number of ether oxygens (including phenoxy) is 1. The Labute approximate surface area is 149 Å². The molecule has 6 heteroatoms. The van der Waals surface area contributed by atoms with Gasteiger partial charge in [-0.25, -0.2) is 0 Å². The first-order valence-electron chi connectivity index (χ1n) is 7.15. The van der Waals surface area contributed by atoms with Crippen LogP contribution in [0.5, 0.6) is 0 Å². The summed E-state index contributed by atoms with van der Waals surface area (Å²) in [7, 11) is 3.11. The minimum absolute atomic E-state index is 0. The predicted molar refractivity (Wildman–Crippen MR) is 101 cm³/mol. The fourth-order valence-corrected chi connectivity index (χ4v) is 1.90. The van der Waals surface area contributed by atoms with Crippen LogP contribution >= 0.6 is 24.0 Å². The van der Waals surface area contributed by atoms with Crippen LogP contribution in [0.25, 0.3) is 0 Å². The van der Waals surface area contributed by atoms with Gasteiger partial charge in [-0.1, -0.05) is 44.2 Å². The van der Waals surface area contributed by atoms with Crippen molar-refractivity contribution in [2.24, 2.45) is 10.9 Å². The molecule has 0 aliphatic rings. The van der Waals surface area contributed by atoms with Crippen LogP contribution in [0.1, 0.15) is 25.3 Å². The Balaban J connectivity index is 0.00000441. The van der Waals surface area contributed by atoms with E-state index in [1.165, 1.54) is 12.7 Å². The van der Waals surface area contributed by atoms with Gasteiger partial charge in [0.25, 0.3) is 0 Å². The van der Waals surface area contributed by atoms with Crippen molar-refractivity contribution in [3.05, 3.63) is 35.9 Å². The molecule has 1 aromatic rings. The second-order valence-corrected chi connectivity index (χ2v) is 5.07. The number of carbonyl (C=O) groups excluding carboxylic acids is 1. The fraction of sp³-hybridized carbons (Fsp3) is 0.500. The molecule has 0 radical (unpaired) electrons. The van der Waals surface area contributed by atoms with E-state index >= 15 is 0 Å². The van der Waals surface area contributed by atoms with Gasteiger partial charge >= 0.3 is 5.97 Å². The third kappa shape index (κ3) is 7.11. The van der Waals surface area contributed by atoms with Crippen LogP contribution in [0.3, 0.4) is 0 Å². The highest BCUT2D eigenvalue weighted by Crippen LogP contribution is 2.12. The summed E-state index contributed by atoms with van der Waals surface area (Å²) >= 11 is 0. The van der Waals surface area contributed by atoms with Gasteiger partial charge in [0.1, 0.15) is 0 Å². The second-order valence-electron chi connectivity index (χ2n) is 5.07. The van der Waals surface area contributed by atoms with Gasteiger partial charge in [-0.3, -0.25) is 9.79 Å². The molecule has 5 nitrogen and oxygen atoms in total. The number of guanidine groups is 1. The van der Waals surface area contributed by atoms with E-state index in [9.17, 15) is 4.79 Å². The normalized spacial score (nSPS) is 13.5. The molecule has 1 aromatic carbocycles. The molecule has 124 valence electrons. The van der Waals surface area contributed by atoms with E-state index < -0.39 is 0 Å². The number of hydrogen-bond acceptors (Lipinski definition) is 3. The zero-order valence-corrected chi connectivity index (χ0v) is 16.0. The maximum Gasteiger partial charge on any atom is 0.310 e.